The summed E-state index contributed by atoms with van der Waals surface area (Å²) in [6.45, 7) is 6.21. The molecule has 1 fully saturated rings. The number of carbonyl (C=O) groups excluding carboxylic acids is 2. The Morgan fingerprint density at radius 1 is 1.15 bits per heavy atom. The molecule has 1 saturated carbocycles. The van der Waals surface area contributed by atoms with Crippen LogP contribution >= 0.6 is 15.9 Å². The van der Waals surface area contributed by atoms with Gasteiger partial charge in [-0.05, 0) is 57.9 Å². The smallest absolute Gasteiger partial charge is 0.405 e. The minimum absolute atomic E-state index is 0.0488. The van der Waals surface area contributed by atoms with Crippen LogP contribution in [0.1, 0.15) is 33.6 Å². The average molecular weight is 529 g/mol. The lowest BCUT2D eigenvalue weighted by atomic mass is 10.1. The monoisotopic (exact) mass is 528 g/mol. The Labute approximate surface area is 202 Å². The number of halogens is 1. The van der Waals surface area contributed by atoms with Crippen LogP contribution in [-0.2, 0) is 19.1 Å². The van der Waals surface area contributed by atoms with Gasteiger partial charge in [-0.2, -0.15) is 0 Å². The van der Waals surface area contributed by atoms with Crippen molar-refractivity contribution in [3.63, 3.8) is 0 Å². The van der Waals surface area contributed by atoms with Gasteiger partial charge in [0, 0.05) is 36.0 Å². The Morgan fingerprint density at radius 3 is 2.18 bits per heavy atom. The summed E-state index contributed by atoms with van der Waals surface area (Å²) in [6.07, 6.45) is -0.216. The van der Waals surface area contributed by atoms with Crippen LogP contribution in [0.3, 0.4) is 0 Å². The van der Waals surface area contributed by atoms with Gasteiger partial charge in [-0.3, -0.25) is 14.5 Å². The van der Waals surface area contributed by atoms with E-state index in [9.17, 15) is 14.4 Å². The van der Waals surface area contributed by atoms with Crippen molar-refractivity contribution >= 4 is 39.5 Å². The molecule has 184 valence electrons. The molecular formula is C22H33BrN4O6. The molecule has 0 aromatic heterocycles. The van der Waals surface area contributed by atoms with E-state index in [0.717, 1.165) is 17.3 Å². The fourth-order valence-electron chi connectivity index (χ4n) is 3.52. The maximum atomic E-state index is 13.6. The molecule has 2 unspecified atom stereocenters. The number of carboxylic acid groups (broad SMARTS) is 1. The molecule has 2 rings (SSSR count). The van der Waals surface area contributed by atoms with Crippen LogP contribution in [-0.4, -0.2) is 78.6 Å². The molecule has 0 saturated heterocycles. The first-order chi connectivity index (χ1) is 15.7. The summed E-state index contributed by atoms with van der Waals surface area (Å²) in [7, 11) is 0. The number of hydrogen-bond acceptors (Lipinski definition) is 6. The maximum Gasteiger partial charge on any atom is 0.405 e. The topological polar surface area (TPSA) is 134 Å². The number of hydrogen-bond donors (Lipinski definition) is 3. The molecule has 33 heavy (non-hydrogen) atoms. The second kappa shape index (κ2) is 12.9. The van der Waals surface area contributed by atoms with Crippen LogP contribution in [0.25, 0.3) is 0 Å². The van der Waals surface area contributed by atoms with Gasteiger partial charge in [-0.25, -0.2) is 4.79 Å². The quantitative estimate of drug-likeness (QED) is 0.334. The summed E-state index contributed by atoms with van der Waals surface area (Å²) >= 11 is 3.36. The van der Waals surface area contributed by atoms with Crippen molar-refractivity contribution in [3.8, 4) is 0 Å². The molecule has 1 aromatic carbocycles. The molecule has 1 aliphatic rings. The van der Waals surface area contributed by atoms with E-state index in [1.807, 2.05) is 13.8 Å². The summed E-state index contributed by atoms with van der Waals surface area (Å²) in [6, 6.07) is 4.80. The van der Waals surface area contributed by atoms with E-state index < -0.39 is 30.4 Å². The SMILES string of the molecule is CCOC(CN(C(=O)C(C)N(C(=O)C(CN)NC(=O)O)c1ccc(Br)cc1)C1CC1)OCC. The predicted molar refractivity (Wildman–Crippen MR) is 127 cm³/mol. The number of carbonyl (C=O) groups is 3. The highest BCUT2D eigenvalue weighted by Gasteiger charge is 2.40. The van der Waals surface area contributed by atoms with Gasteiger partial charge in [0.15, 0.2) is 6.29 Å². The van der Waals surface area contributed by atoms with Crippen LogP contribution < -0.4 is 16.0 Å². The van der Waals surface area contributed by atoms with Crippen molar-refractivity contribution < 1.29 is 29.0 Å². The van der Waals surface area contributed by atoms with Gasteiger partial charge < -0.3 is 30.5 Å². The molecule has 0 radical (unpaired) electrons. The molecule has 0 heterocycles. The number of benzene rings is 1. The van der Waals surface area contributed by atoms with Crippen LogP contribution in [0.15, 0.2) is 28.7 Å². The van der Waals surface area contributed by atoms with Crippen molar-refractivity contribution in [2.75, 3.05) is 31.2 Å². The highest BCUT2D eigenvalue weighted by molar-refractivity contribution is 9.10. The van der Waals surface area contributed by atoms with Crippen LogP contribution in [0.4, 0.5) is 10.5 Å². The highest BCUT2D eigenvalue weighted by atomic mass is 79.9. The molecule has 1 aliphatic carbocycles. The van der Waals surface area contributed by atoms with Gasteiger partial charge in [-0.1, -0.05) is 15.9 Å². The minimum atomic E-state index is -1.37. The number of nitrogens with zero attached hydrogens (tertiary/aromatic N) is 2. The largest absolute Gasteiger partial charge is 0.465 e. The van der Waals surface area contributed by atoms with Crippen molar-refractivity contribution in [2.24, 2.45) is 5.73 Å². The fraction of sp³-hybridized carbons (Fsp3) is 0.591. The van der Waals surface area contributed by atoms with E-state index in [-0.39, 0.29) is 25.0 Å². The summed E-state index contributed by atoms with van der Waals surface area (Å²) in [5, 5.41) is 11.3. The fourth-order valence-corrected chi connectivity index (χ4v) is 3.79. The summed E-state index contributed by atoms with van der Waals surface area (Å²) in [5.41, 5.74) is 6.13. The van der Waals surface area contributed by atoms with E-state index in [1.165, 1.54) is 4.90 Å². The van der Waals surface area contributed by atoms with Gasteiger partial charge in [0.2, 0.25) is 5.91 Å². The van der Waals surface area contributed by atoms with Crippen LogP contribution in [0.2, 0.25) is 0 Å². The first-order valence-corrected chi connectivity index (χ1v) is 11.8. The van der Waals surface area contributed by atoms with E-state index in [2.05, 4.69) is 21.2 Å². The normalized spacial score (nSPS) is 15.1. The molecule has 4 N–H and O–H groups in total. The molecule has 10 nitrogen and oxygen atoms in total. The number of amides is 3. The van der Waals surface area contributed by atoms with Gasteiger partial charge in [0.25, 0.3) is 5.91 Å². The molecule has 1 aromatic rings. The number of nitrogens with two attached hydrogens (primary N) is 1. The van der Waals surface area contributed by atoms with Gasteiger partial charge >= 0.3 is 6.09 Å². The van der Waals surface area contributed by atoms with Gasteiger partial charge in [-0.15, -0.1) is 0 Å². The highest BCUT2D eigenvalue weighted by Crippen LogP contribution is 2.30. The Bertz CT molecular complexity index is 799. The molecular weight excluding hydrogens is 496 g/mol. The Balaban J connectivity index is 2.35. The first-order valence-electron chi connectivity index (χ1n) is 11.0. The van der Waals surface area contributed by atoms with Crippen molar-refractivity contribution in [1.82, 2.24) is 10.2 Å². The third-order valence-corrected chi connectivity index (χ3v) is 5.77. The van der Waals surface area contributed by atoms with Gasteiger partial charge in [0.05, 0.1) is 6.54 Å². The van der Waals surface area contributed by atoms with E-state index in [4.69, 9.17) is 20.3 Å². The molecule has 11 heteroatoms. The van der Waals surface area contributed by atoms with Crippen LogP contribution in [0, 0.1) is 0 Å². The molecule has 0 bridgehead atoms. The average Bonchev–Trinajstić information content (AvgIpc) is 3.62. The Hall–Kier alpha value is -2.21. The molecule has 0 aliphatic heterocycles. The maximum absolute atomic E-state index is 13.6. The lowest BCUT2D eigenvalue weighted by Gasteiger charge is -2.36. The first kappa shape index (κ1) is 27.0. The van der Waals surface area contributed by atoms with Crippen LogP contribution in [0.5, 0.6) is 0 Å². The number of ether oxygens (including phenoxy) is 2. The third-order valence-electron chi connectivity index (χ3n) is 5.24. The van der Waals surface area contributed by atoms with E-state index in [0.29, 0.717) is 18.9 Å². The summed E-state index contributed by atoms with van der Waals surface area (Å²) in [4.78, 5) is 41.2. The van der Waals surface area contributed by atoms with Crippen molar-refractivity contribution in [3.05, 3.63) is 28.7 Å². The Kier molecular flexibility index (Phi) is 10.6. The van der Waals surface area contributed by atoms with E-state index in [1.54, 1.807) is 36.1 Å². The predicted octanol–water partition coefficient (Wildman–Crippen LogP) is 2.16. The summed E-state index contributed by atoms with van der Waals surface area (Å²) in [5.74, 6) is -0.880. The third kappa shape index (κ3) is 7.66. The Morgan fingerprint density at radius 2 is 1.73 bits per heavy atom. The standard InChI is InChI=1S/C22H33BrN4O6/c1-4-32-19(33-5-2)13-26(16-10-11-16)20(28)14(3)27(17-8-6-15(23)7-9-17)21(29)18(12-24)25-22(30)31/h6-9,14,16,18-19,25H,4-5,10-13,24H2,1-3H3,(H,30,31). The van der Waals surface area contributed by atoms with E-state index >= 15 is 0 Å². The molecule has 2 atom stereocenters. The lowest BCUT2D eigenvalue weighted by molar-refractivity contribution is -0.160. The minimum Gasteiger partial charge on any atom is -0.465 e. The molecule has 0 spiro atoms. The number of anilines is 1. The van der Waals surface area contributed by atoms with Crippen molar-refractivity contribution in [2.45, 2.75) is 58.0 Å². The molecule has 3 amide bonds. The second-order valence-corrected chi connectivity index (χ2v) is 8.58. The van der Waals surface area contributed by atoms with Gasteiger partial charge in [0.1, 0.15) is 12.1 Å². The zero-order valence-corrected chi connectivity index (χ0v) is 20.8. The second-order valence-electron chi connectivity index (χ2n) is 7.66. The zero-order chi connectivity index (χ0) is 24.5. The number of nitrogens with one attached hydrogen (secondary N) is 1. The zero-order valence-electron chi connectivity index (χ0n) is 19.2. The summed E-state index contributed by atoms with van der Waals surface area (Å²) < 4.78 is 12.1. The number of rotatable bonds is 13. The lowest BCUT2D eigenvalue weighted by Crippen LogP contribution is -2.58. The van der Waals surface area contributed by atoms with Crippen molar-refractivity contribution in [1.29, 1.82) is 0 Å².